The van der Waals surface area contributed by atoms with E-state index >= 15 is 0 Å². The highest BCUT2D eigenvalue weighted by Gasteiger charge is 2.29. The summed E-state index contributed by atoms with van der Waals surface area (Å²) in [7, 11) is 0. The molecule has 1 aromatic carbocycles. The van der Waals surface area contributed by atoms with E-state index in [-0.39, 0.29) is 6.04 Å². The third kappa shape index (κ3) is 2.07. The Balaban J connectivity index is 1.64. The summed E-state index contributed by atoms with van der Waals surface area (Å²) in [5, 5.41) is 7.77. The summed E-state index contributed by atoms with van der Waals surface area (Å²) < 4.78 is 7.51. The first-order valence-corrected chi connectivity index (χ1v) is 7.38. The lowest BCUT2D eigenvalue weighted by molar-refractivity contribution is 0.322. The average molecular weight is 295 g/mol. The molecule has 1 N–H and O–H groups in total. The summed E-state index contributed by atoms with van der Waals surface area (Å²) in [6.45, 7) is 4.81. The molecule has 0 spiro atoms. The van der Waals surface area contributed by atoms with Crippen molar-refractivity contribution in [2.24, 2.45) is 0 Å². The number of nitrogens with one attached hydrogen (secondary N) is 1. The highest BCUT2D eigenvalue weighted by atomic mass is 16.5. The fourth-order valence-corrected chi connectivity index (χ4v) is 2.97. The van der Waals surface area contributed by atoms with Gasteiger partial charge in [-0.2, -0.15) is 14.6 Å². The Morgan fingerprint density at radius 1 is 1.36 bits per heavy atom. The number of rotatable bonds is 3. The second-order valence-electron chi connectivity index (χ2n) is 5.64. The second-order valence-corrected chi connectivity index (χ2v) is 5.64. The Morgan fingerprint density at radius 2 is 2.23 bits per heavy atom. The lowest BCUT2D eigenvalue weighted by Crippen LogP contribution is -2.26. The zero-order chi connectivity index (χ0) is 15.1. The van der Waals surface area contributed by atoms with Crippen molar-refractivity contribution in [1.29, 1.82) is 0 Å². The fraction of sp³-hybridized carbons (Fsp3) is 0.312. The van der Waals surface area contributed by atoms with Crippen LogP contribution in [0.15, 0.2) is 36.7 Å². The van der Waals surface area contributed by atoms with Gasteiger partial charge in [-0.15, -0.1) is 0 Å². The number of aromatic nitrogens is 4. The minimum absolute atomic E-state index is 0.206. The van der Waals surface area contributed by atoms with Crippen LogP contribution in [0.3, 0.4) is 0 Å². The lowest BCUT2D eigenvalue weighted by atomic mass is 9.94. The predicted molar refractivity (Wildman–Crippen MR) is 83.3 cm³/mol. The molecule has 0 saturated carbocycles. The molecule has 0 aliphatic carbocycles. The number of aryl methyl sites for hydroxylation is 1. The number of hydrogen-bond donors (Lipinski definition) is 1. The van der Waals surface area contributed by atoms with E-state index in [0.29, 0.717) is 18.3 Å². The zero-order valence-electron chi connectivity index (χ0n) is 12.5. The summed E-state index contributed by atoms with van der Waals surface area (Å²) in [5.74, 6) is 2.80. The molecule has 1 aliphatic rings. The van der Waals surface area contributed by atoms with Crippen LogP contribution >= 0.6 is 0 Å². The predicted octanol–water partition coefficient (Wildman–Crippen LogP) is 2.41. The molecule has 0 fully saturated rings. The monoisotopic (exact) mass is 295 g/mol. The van der Waals surface area contributed by atoms with Gasteiger partial charge in [0.2, 0.25) is 0 Å². The SMILES string of the molecule is Cc1cc(NC(C)C2COc3ccccc32)n2ncnc2n1. The molecule has 2 atom stereocenters. The summed E-state index contributed by atoms with van der Waals surface area (Å²) in [5.41, 5.74) is 2.17. The molecule has 6 nitrogen and oxygen atoms in total. The minimum atomic E-state index is 0.206. The molecule has 0 amide bonds. The van der Waals surface area contributed by atoms with Gasteiger partial charge in [0.1, 0.15) is 17.9 Å². The third-order valence-electron chi connectivity index (χ3n) is 4.10. The van der Waals surface area contributed by atoms with Gasteiger partial charge in [0, 0.05) is 29.3 Å². The summed E-state index contributed by atoms with van der Waals surface area (Å²) in [6.07, 6.45) is 1.52. The highest BCUT2D eigenvalue weighted by molar-refractivity contribution is 5.47. The van der Waals surface area contributed by atoms with Gasteiger partial charge in [-0.1, -0.05) is 18.2 Å². The van der Waals surface area contributed by atoms with Crippen molar-refractivity contribution in [2.45, 2.75) is 25.8 Å². The number of nitrogens with zero attached hydrogens (tertiary/aromatic N) is 4. The first-order valence-electron chi connectivity index (χ1n) is 7.38. The first kappa shape index (κ1) is 13.1. The number of para-hydroxylation sites is 1. The molecular formula is C16H17N5O. The van der Waals surface area contributed by atoms with Gasteiger partial charge in [0.25, 0.3) is 5.78 Å². The zero-order valence-corrected chi connectivity index (χ0v) is 12.5. The normalized spacial score (nSPS) is 18.0. The molecule has 0 saturated heterocycles. The van der Waals surface area contributed by atoms with Crippen molar-refractivity contribution in [3.05, 3.63) is 47.9 Å². The van der Waals surface area contributed by atoms with Crippen LogP contribution in [0.1, 0.15) is 24.1 Å². The van der Waals surface area contributed by atoms with Crippen molar-refractivity contribution < 1.29 is 4.74 Å². The van der Waals surface area contributed by atoms with Crippen LogP contribution in [-0.4, -0.2) is 32.2 Å². The molecule has 2 aromatic heterocycles. The van der Waals surface area contributed by atoms with Gasteiger partial charge in [-0.05, 0) is 19.9 Å². The number of anilines is 1. The van der Waals surface area contributed by atoms with Gasteiger partial charge < -0.3 is 10.1 Å². The van der Waals surface area contributed by atoms with Gasteiger partial charge >= 0.3 is 0 Å². The minimum Gasteiger partial charge on any atom is -0.493 e. The smallest absolute Gasteiger partial charge is 0.254 e. The summed E-state index contributed by atoms with van der Waals surface area (Å²) in [6, 6.07) is 10.4. The molecule has 6 heteroatoms. The van der Waals surface area contributed by atoms with E-state index < -0.39 is 0 Å². The van der Waals surface area contributed by atoms with Gasteiger partial charge in [0.05, 0.1) is 6.61 Å². The third-order valence-corrected chi connectivity index (χ3v) is 4.10. The van der Waals surface area contributed by atoms with Crippen LogP contribution in [0.2, 0.25) is 0 Å². The maximum Gasteiger partial charge on any atom is 0.254 e. The van der Waals surface area contributed by atoms with Gasteiger partial charge in [-0.25, -0.2) is 4.98 Å². The fourth-order valence-electron chi connectivity index (χ4n) is 2.97. The van der Waals surface area contributed by atoms with Gasteiger partial charge in [0.15, 0.2) is 0 Å². The van der Waals surface area contributed by atoms with E-state index in [2.05, 4.69) is 39.4 Å². The van der Waals surface area contributed by atoms with Crippen LogP contribution in [0, 0.1) is 6.92 Å². The van der Waals surface area contributed by atoms with Crippen molar-refractivity contribution in [3.8, 4) is 5.75 Å². The van der Waals surface area contributed by atoms with Crippen LogP contribution < -0.4 is 10.1 Å². The topological polar surface area (TPSA) is 64.3 Å². The Kier molecular flexibility index (Phi) is 2.96. The molecular weight excluding hydrogens is 278 g/mol. The van der Waals surface area contributed by atoms with Crippen molar-refractivity contribution in [1.82, 2.24) is 19.6 Å². The first-order chi connectivity index (χ1) is 10.7. The molecule has 3 aromatic rings. The molecule has 3 heterocycles. The molecule has 112 valence electrons. The van der Waals surface area contributed by atoms with E-state index in [1.54, 1.807) is 4.52 Å². The highest BCUT2D eigenvalue weighted by Crippen LogP contribution is 2.36. The Hall–Kier alpha value is -2.63. The molecule has 1 aliphatic heterocycles. The molecule has 0 bridgehead atoms. The Morgan fingerprint density at radius 3 is 3.14 bits per heavy atom. The van der Waals surface area contributed by atoms with E-state index in [9.17, 15) is 0 Å². The molecule has 0 radical (unpaired) electrons. The van der Waals surface area contributed by atoms with Crippen LogP contribution in [-0.2, 0) is 0 Å². The summed E-state index contributed by atoms with van der Waals surface area (Å²) >= 11 is 0. The van der Waals surface area contributed by atoms with E-state index in [4.69, 9.17) is 4.74 Å². The largest absolute Gasteiger partial charge is 0.493 e. The van der Waals surface area contributed by atoms with E-state index in [1.807, 2.05) is 25.1 Å². The average Bonchev–Trinajstić information content (AvgIpc) is 3.12. The van der Waals surface area contributed by atoms with Gasteiger partial charge in [-0.3, -0.25) is 0 Å². The van der Waals surface area contributed by atoms with Crippen LogP contribution in [0.4, 0.5) is 5.82 Å². The molecule has 22 heavy (non-hydrogen) atoms. The summed E-state index contributed by atoms with van der Waals surface area (Å²) in [4.78, 5) is 8.52. The standard InChI is InChI=1S/C16H17N5O/c1-10-7-15(21-16(19-10)17-9-18-21)20-11(2)13-8-22-14-6-4-3-5-12(13)14/h3-7,9,11,13,20H,8H2,1-2H3. The van der Waals surface area contributed by atoms with E-state index in [1.165, 1.54) is 11.9 Å². The van der Waals surface area contributed by atoms with Crippen LogP contribution in [0.5, 0.6) is 5.75 Å². The molecule has 4 rings (SSSR count). The number of hydrogen-bond acceptors (Lipinski definition) is 5. The quantitative estimate of drug-likeness (QED) is 0.804. The van der Waals surface area contributed by atoms with Crippen LogP contribution in [0.25, 0.3) is 5.78 Å². The number of ether oxygens (including phenoxy) is 1. The Labute approximate surface area is 128 Å². The van der Waals surface area contributed by atoms with Crippen molar-refractivity contribution >= 4 is 11.6 Å². The number of fused-ring (bicyclic) bond motifs is 2. The number of benzene rings is 1. The maximum atomic E-state index is 5.78. The maximum absolute atomic E-state index is 5.78. The molecule has 2 unspecified atom stereocenters. The van der Waals surface area contributed by atoms with E-state index in [0.717, 1.165) is 17.3 Å². The second kappa shape index (κ2) is 4.98. The Bertz CT molecular complexity index is 828. The lowest BCUT2D eigenvalue weighted by Gasteiger charge is -2.21. The van der Waals surface area contributed by atoms with Crippen molar-refractivity contribution in [3.63, 3.8) is 0 Å². The van der Waals surface area contributed by atoms with Crippen molar-refractivity contribution in [2.75, 3.05) is 11.9 Å².